The number of anilines is 1. The van der Waals surface area contributed by atoms with Gasteiger partial charge in [0, 0.05) is 24.6 Å². The van der Waals surface area contributed by atoms with Crippen molar-refractivity contribution in [2.24, 2.45) is 5.92 Å². The van der Waals surface area contributed by atoms with E-state index in [0.29, 0.717) is 16.6 Å². The highest BCUT2D eigenvalue weighted by Crippen LogP contribution is 2.25. The number of piperidine rings is 1. The van der Waals surface area contributed by atoms with Crippen LogP contribution in [0.2, 0.25) is 0 Å². The van der Waals surface area contributed by atoms with Crippen molar-refractivity contribution in [1.82, 2.24) is 29.4 Å². The lowest BCUT2D eigenvalue weighted by atomic mass is 9.96. The number of carbonyl (C=O) groups excluding carboxylic acids is 1. The molecule has 0 unspecified atom stereocenters. The zero-order chi connectivity index (χ0) is 23.5. The fourth-order valence-electron chi connectivity index (χ4n) is 4.23. The molecule has 0 bridgehead atoms. The van der Waals surface area contributed by atoms with Gasteiger partial charge < -0.3 is 5.32 Å². The van der Waals surface area contributed by atoms with Gasteiger partial charge in [0.05, 0.1) is 12.4 Å². The van der Waals surface area contributed by atoms with E-state index < -0.39 is 0 Å². The largest absolute Gasteiger partial charge is 0.300 e. The summed E-state index contributed by atoms with van der Waals surface area (Å²) in [4.78, 5) is 14.8. The Kier molecular flexibility index (Phi) is 6.61. The molecule has 34 heavy (non-hydrogen) atoms. The molecule has 1 N–H and O–H groups in total. The fourth-order valence-corrected chi connectivity index (χ4v) is 4.97. The maximum Gasteiger partial charge on any atom is 0.229 e. The van der Waals surface area contributed by atoms with Crippen LogP contribution in [-0.2, 0) is 11.5 Å². The molecule has 0 atom stereocenters. The number of nitrogens with zero attached hydrogens (tertiary/aromatic N) is 6. The lowest BCUT2D eigenvalue weighted by molar-refractivity contribution is -0.121. The SMILES string of the molecule is Cc1cccc(-n2c(-c3ccccc3)nn(CN3CCC(C(=O)Nc4nncs4)CC3)c2=S)c1. The Morgan fingerprint density at radius 2 is 1.94 bits per heavy atom. The molecule has 0 radical (unpaired) electrons. The normalized spacial score (nSPS) is 14.9. The second-order valence-corrected chi connectivity index (χ2v) is 9.61. The predicted molar refractivity (Wildman–Crippen MR) is 135 cm³/mol. The zero-order valence-corrected chi connectivity index (χ0v) is 20.4. The third-order valence-corrected chi connectivity index (χ3v) is 7.01. The van der Waals surface area contributed by atoms with Gasteiger partial charge in [0.2, 0.25) is 15.8 Å². The predicted octanol–water partition coefficient (Wildman–Crippen LogP) is 4.54. The molecule has 1 amide bonds. The Hall–Kier alpha value is -3.21. The molecule has 1 saturated heterocycles. The van der Waals surface area contributed by atoms with Gasteiger partial charge in [-0.15, -0.1) is 15.3 Å². The lowest BCUT2D eigenvalue weighted by Gasteiger charge is -2.30. The number of benzene rings is 2. The van der Waals surface area contributed by atoms with E-state index in [4.69, 9.17) is 17.3 Å². The number of aromatic nitrogens is 5. The molecule has 1 fully saturated rings. The van der Waals surface area contributed by atoms with E-state index in [1.54, 1.807) is 5.51 Å². The highest BCUT2D eigenvalue weighted by molar-refractivity contribution is 7.71. The van der Waals surface area contributed by atoms with E-state index in [0.717, 1.165) is 43.0 Å². The van der Waals surface area contributed by atoms with E-state index in [2.05, 4.69) is 57.7 Å². The molecule has 5 rings (SSSR count). The maximum absolute atomic E-state index is 12.5. The Bertz CT molecular complexity index is 1320. The minimum atomic E-state index is -0.0298. The maximum atomic E-state index is 12.5. The number of carbonyl (C=O) groups is 1. The molecule has 2 aromatic heterocycles. The number of amides is 1. The summed E-state index contributed by atoms with van der Waals surface area (Å²) >= 11 is 7.23. The molecule has 0 aliphatic carbocycles. The van der Waals surface area contributed by atoms with Crippen molar-refractivity contribution in [3.05, 3.63) is 70.4 Å². The van der Waals surface area contributed by atoms with Gasteiger partial charge in [-0.05, 0) is 49.7 Å². The molecule has 10 heteroatoms. The topological polar surface area (TPSA) is 80.9 Å². The number of hydrogen-bond donors (Lipinski definition) is 1. The van der Waals surface area contributed by atoms with E-state index in [1.165, 1.54) is 16.9 Å². The van der Waals surface area contributed by atoms with Gasteiger partial charge in [-0.2, -0.15) is 0 Å². The van der Waals surface area contributed by atoms with Crippen molar-refractivity contribution >= 4 is 34.6 Å². The molecule has 1 aliphatic rings. The third kappa shape index (κ3) is 4.84. The van der Waals surface area contributed by atoms with Crippen molar-refractivity contribution in [1.29, 1.82) is 0 Å². The number of hydrogen-bond acceptors (Lipinski definition) is 7. The summed E-state index contributed by atoms with van der Waals surface area (Å²) in [6.07, 6.45) is 1.56. The standard InChI is InChI=1S/C24H25N7OS2/c1-17-6-5-9-20(14-17)31-21(18-7-3-2-4-8-18)28-30(24(31)33)16-29-12-10-19(11-13-29)22(32)26-23-27-25-15-34-23/h2-9,14-15,19H,10-13,16H2,1H3,(H,26,27,32). The zero-order valence-electron chi connectivity index (χ0n) is 18.8. The number of nitrogens with one attached hydrogen (secondary N) is 1. The van der Waals surface area contributed by atoms with Gasteiger partial charge in [-0.3, -0.25) is 14.3 Å². The van der Waals surface area contributed by atoms with Gasteiger partial charge in [0.25, 0.3) is 0 Å². The quantitative estimate of drug-likeness (QED) is 0.399. The molecule has 0 saturated carbocycles. The average Bonchev–Trinajstić information content (AvgIpc) is 3.48. The molecule has 174 valence electrons. The summed E-state index contributed by atoms with van der Waals surface area (Å²) in [5.74, 6) is 0.809. The van der Waals surface area contributed by atoms with Crippen molar-refractivity contribution in [3.8, 4) is 17.1 Å². The second kappa shape index (κ2) is 9.96. The van der Waals surface area contributed by atoms with Crippen LogP contribution in [0.5, 0.6) is 0 Å². The first-order valence-corrected chi connectivity index (χ1v) is 12.5. The second-order valence-electron chi connectivity index (χ2n) is 8.41. The highest BCUT2D eigenvalue weighted by atomic mass is 32.1. The van der Waals surface area contributed by atoms with Gasteiger partial charge in [0.1, 0.15) is 5.51 Å². The van der Waals surface area contributed by atoms with Crippen molar-refractivity contribution in [2.45, 2.75) is 26.4 Å². The van der Waals surface area contributed by atoms with Crippen LogP contribution in [0.25, 0.3) is 17.1 Å². The Morgan fingerprint density at radius 3 is 2.65 bits per heavy atom. The van der Waals surface area contributed by atoms with E-state index >= 15 is 0 Å². The number of aryl methyl sites for hydroxylation is 1. The molecule has 3 heterocycles. The van der Waals surface area contributed by atoms with Gasteiger partial charge in [0.15, 0.2) is 5.82 Å². The summed E-state index contributed by atoms with van der Waals surface area (Å²) in [5.41, 5.74) is 4.80. The summed E-state index contributed by atoms with van der Waals surface area (Å²) in [6.45, 7) is 4.26. The van der Waals surface area contributed by atoms with E-state index in [-0.39, 0.29) is 11.8 Å². The molecule has 0 spiro atoms. The monoisotopic (exact) mass is 491 g/mol. The molecule has 1 aliphatic heterocycles. The van der Waals surface area contributed by atoms with Crippen LogP contribution >= 0.6 is 23.6 Å². The summed E-state index contributed by atoms with van der Waals surface area (Å²) in [6, 6.07) is 18.4. The van der Waals surface area contributed by atoms with Crippen LogP contribution in [-0.4, -0.2) is 48.4 Å². The van der Waals surface area contributed by atoms with Crippen LogP contribution in [0, 0.1) is 17.6 Å². The first kappa shape index (κ1) is 22.6. The smallest absolute Gasteiger partial charge is 0.229 e. The minimum Gasteiger partial charge on any atom is -0.300 e. The van der Waals surface area contributed by atoms with Crippen molar-refractivity contribution in [3.63, 3.8) is 0 Å². The molecule has 4 aromatic rings. The molecule has 2 aromatic carbocycles. The lowest BCUT2D eigenvalue weighted by Crippen LogP contribution is -2.39. The van der Waals surface area contributed by atoms with Crippen LogP contribution in [0.15, 0.2) is 60.1 Å². The first-order valence-electron chi connectivity index (χ1n) is 11.2. The number of likely N-dealkylation sites (tertiary alicyclic amines) is 1. The summed E-state index contributed by atoms with van der Waals surface area (Å²) < 4.78 is 4.59. The van der Waals surface area contributed by atoms with Gasteiger partial charge in [-0.25, -0.2) is 4.68 Å². The van der Waals surface area contributed by atoms with Crippen LogP contribution in [0.4, 0.5) is 5.13 Å². The molecular formula is C24H25N7OS2. The summed E-state index contributed by atoms with van der Waals surface area (Å²) in [5, 5.41) is 16.0. The Labute approximate surface area is 206 Å². The number of rotatable bonds is 6. The van der Waals surface area contributed by atoms with Crippen molar-refractivity contribution < 1.29 is 4.79 Å². The molecule has 8 nitrogen and oxygen atoms in total. The minimum absolute atomic E-state index is 0.0168. The van der Waals surface area contributed by atoms with E-state index in [9.17, 15) is 4.79 Å². The Balaban J connectivity index is 1.35. The van der Waals surface area contributed by atoms with E-state index in [1.807, 2.05) is 33.5 Å². The summed E-state index contributed by atoms with van der Waals surface area (Å²) in [7, 11) is 0. The van der Waals surface area contributed by atoms with Crippen molar-refractivity contribution in [2.75, 3.05) is 18.4 Å². The first-order chi connectivity index (χ1) is 16.6. The van der Waals surface area contributed by atoms with Crippen LogP contribution < -0.4 is 5.32 Å². The third-order valence-electron chi connectivity index (χ3n) is 6.01. The molecular weight excluding hydrogens is 466 g/mol. The Morgan fingerprint density at radius 1 is 1.15 bits per heavy atom. The van der Waals surface area contributed by atoms with Crippen LogP contribution in [0.3, 0.4) is 0 Å². The van der Waals surface area contributed by atoms with Gasteiger partial charge >= 0.3 is 0 Å². The average molecular weight is 492 g/mol. The van der Waals surface area contributed by atoms with Gasteiger partial charge in [-0.1, -0.05) is 53.8 Å². The highest BCUT2D eigenvalue weighted by Gasteiger charge is 2.26. The fraction of sp³-hybridized carbons (Fsp3) is 0.292. The van der Waals surface area contributed by atoms with Crippen LogP contribution in [0.1, 0.15) is 18.4 Å².